The lowest BCUT2D eigenvalue weighted by Crippen LogP contribution is -2.28. The first-order valence-electron chi connectivity index (χ1n) is 42.6. The van der Waals surface area contributed by atoms with E-state index in [2.05, 4.69) is 311 Å². The van der Waals surface area contributed by atoms with E-state index >= 15 is 14.4 Å². The Morgan fingerprint density at radius 3 is 0.670 bits per heavy atom. The van der Waals surface area contributed by atoms with Crippen molar-refractivity contribution >= 4 is 17.9 Å². The van der Waals surface area contributed by atoms with Crippen molar-refractivity contribution < 1.29 is 43.9 Å². The van der Waals surface area contributed by atoms with Gasteiger partial charge in [0.2, 0.25) is 0 Å². The molecule has 0 amide bonds. The Hall–Kier alpha value is -6.87. The van der Waals surface area contributed by atoms with Crippen LogP contribution in [0.3, 0.4) is 0 Å². The molecule has 0 aliphatic rings. The molecule has 6 rings (SSSR count). The summed E-state index contributed by atoms with van der Waals surface area (Å²) in [6, 6.07) is 31.6. The van der Waals surface area contributed by atoms with Gasteiger partial charge in [-0.25, -0.2) is 0 Å². The van der Waals surface area contributed by atoms with Crippen LogP contribution in [0.1, 0.15) is 433 Å². The zero-order valence-electron chi connectivity index (χ0n) is 77.4. The molecule has 0 spiro atoms. The quantitative estimate of drug-likeness (QED) is 0.0309. The Bertz CT molecular complexity index is 4020. The fourth-order valence-electron chi connectivity index (χ4n) is 16.0. The summed E-state index contributed by atoms with van der Waals surface area (Å²) in [6.45, 7) is 81.3. The van der Waals surface area contributed by atoms with Crippen LogP contribution in [-0.4, -0.2) is 33.2 Å². The second-order valence-electron chi connectivity index (χ2n) is 43.8. The van der Waals surface area contributed by atoms with E-state index in [4.69, 9.17) is 14.2 Å². The number of phenols is 3. The third kappa shape index (κ3) is 21.8. The van der Waals surface area contributed by atoms with E-state index in [1.165, 1.54) is 0 Å². The van der Waals surface area contributed by atoms with E-state index in [0.29, 0.717) is 23.7 Å². The second-order valence-corrected chi connectivity index (χ2v) is 43.8. The lowest BCUT2D eigenvalue weighted by molar-refractivity contribution is -0.136. The number of aromatic hydroxyl groups is 3. The molecular formula is C103H154O9. The number of carbonyl (C=O) groups excluding carboxylic acids is 3. The molecule has 0 aliphatic heterocycles. The van der Waals surface area contributed by atoms with E-state index in [0.717, 1.165) is 122 Å². The van der Waals surface area contributed by atoms with Crippen LogP contribution in [0.5, 0.6) is 34.5 Å². The van der Waals surface area contributed by atoms with Gasteiger partial charge < -0.3 is 29.5 Å². The van der Waals surface area contributed by atoms with Crippen LogP contribution in [-0.2, 0) is 63.1 Å². The third-order valence-corrected chi connectivity index (χ3v) is 26.6. The highest BCUT2D eigenvalue weighted by Gasteiger charge is 2.42. The molecule has 6 aromatic rings. The highest BCUT2D eigenvalue weighted by atomic mass is 16.5. The Morgan fingerprint density at radius 1 is 0.286 bits per heavy atom. The van der Waals surface area contributed by atoms with E-state index in [1.54, 1.807) is 18.2 Å². The molecule has 112 heavy (non-hydrogen) atoms. The van der Waals surface area contributed by atoms with E-state index in [-0.39, 0.29) is 116 Å². The van der Waals surface area contributed by atoms with Crippen molar-refractivity contribution in [2.24, 2.45) is 16.2 Å². The molecule has 9 nitrogen and oxygen atoms in total. The van der Waals surface area contributed by atoms with Crippen molar-refractivity contribution in [2.45, 2.75) is 399 Å². The van der Waals surface area contributed by atoms with E-state index in [1.807, 2.05) is 18.2 Å². The molecule has 0 aliphatic carbocycles. The smallest absolute Gasteiger partial charge is 0.311 e. The number of ether oxygens (including phenoxy) is 3. The van der Waals surface area contributed by atoms with E-state index in [9.17, 15) is 15.3 Å². The summed E-state index contributed by atoms with van der Waals surface area (Å²) in [5.41, 5.74) is 9.57. The average Bonchev–Trinajstić information content (AvgIpc) is 0.748. The van der Waals surface area contributed by atoms with Crippen LogP contribution < -0.4 is 14.2 Å². The zero-order valence-corrected chi connectivity index (χ0v) is 77.4. The van der Waals surface area contributed by atoms with Crippen LogP contribution in [0.4, 0.5) is 0 Å². The van der Waals surface area contributed by atoms with Gasteiger partial charge in [0.1, 0.15) is 34.5 Å². The maximum Gasteiger partial charge on any atom is 0.311 e. The number of benzene rings is 6. The average molecular weight is 1540 g/mol. The summed E-state index contributed by atoms with van der Waals surface area (Å²) in [6.07, 6.45) is 5.97. The van der Waals surface area contributed by atoms with Gasteiger partial charge in [-0.05, 0) is 183 Å². The number of hydrogen-bond donors (Lipinski definition) is 3. The summed E-state index contributed by atoms with van der Waals surface area (Å²) in [4.78, 5) is 46.2. The van der Waals surface area contributed by atoms with Gasteiger partial charge in [-0.1, -0.05) is 348 Å². The third-order valence-electron chi connectivity index (χ3n) is 26.6. The zero-order chi connectivity index (χ0) is 85.5. The molecular weight excluding hydrogens is 1380 g/mol. The predicted octanol–water partition coefficient (Wildman–Crippen LogP) is 28.5. The van der Waals surface area contributed by atoms with Crippen molar-refractivity contribution in [3.05, 3.63) is 174 Å². The Kier molecular flexibility index (Phi) is 28.6. The van der Waals surface area contributed by atoms with Gasteiger partial charge in [-0.3, -0.25) is 14.4 Å². The summed E-state index contributed by atoms with van der Waals surface area (Å²) < 4.78 is 21.1. The molecule has 6 aromatic carbocycles. The lowest BCUT2D eigenvalue weighted by Gasteiger charge is -2.36. The molecule has 0 radical (unpaired) electrons. The second kappa shape index (κ2) is 34.1. The van der Waals surface area contributed by atoms with Crippen molar-refractivity contribution in [2.75, 3.05) is 0 Å². The Morgan fingerprint density at radius 2 is 0.482 bits per heavy atom. The monoisotopic (exact) mass is 1540 g/mol. The van der Waals surface area contributed by atoms with Gasteiger partial charge in [0.15, 0.2) is 0 Å². The Balaban J connectivity index is 1.67. The number of carbonyl (C=O) groups is 3. The first kappa shape index (κ1) is 94.0. The molecule has 3 N–H and O–H groups in total. The van der Waals surface area contributed by atoms with Crippen LogP contribution in [0.15, 0.2) is 91.0 Å². The first-order chi connectivity index (χ1) is 50.9. The fourth-order valence-corrected chi connectivity index (χ4v) is 16.0. The van der Waals surface area contributed by atoms with E-state index < -0.39 is 32.5 Å². The van der Waals surface area contributed by atoms with Crippen LogP contribution in [0.2, 0.25) is 0 Å². The highest BCUT2D eigenvalue weighted by Crippen LogP contribution is 2.54. The first-order valence-corrected chi connectivity index (χ1v) is 42.6. The van der Waals surface area contributed by atoms with Gasteiger partial charge in [-0.15, -0.1) is 0 Å². The van der Waals surface area contributed by atoms with Crippen molar-refractivity contribution in [1.29, 1.82) is 0 Å². The molecule has 0 bridgehead atoms. The normalized spacial score (nSPS) is 14.9. The molecule has 4 unspecified atom stereocenters. The molecule has 620 valence electrons. The SMILES string of the molecule is CCC(C)(C)c1cc(C(CC(=O)Oc2c(C(C)(C)C)cc(C(C)CC(c3cc(C(C)(C)C)c(OC(=O)CC(c4ccc(O)c(C(C)(C)CC)c4)C(C)(C)CC)c(C(C)(C)C)c3)c3cc(C(C)(C)C)c(OC(=O)CC(c4ccc(O)c(C(C)(C)CC)c4)C(C)(C)CC)c(C(C)(C)C)c3)cc2C(C)(C)C)C(C)(C)CC)ccc1O. The number of phenolic OH excluding ortho intramolecular Hbond substituents is 3. The molecule has 0 saturated carbocycles. The lowest BCUT2D eigenvalue weighted by atomic mass is 9.70. The molecule has 0 heterocycles. The van der Waals surface area contributed by atoms with Gasteiger partial charge in [0.25, 0.3) is 0 Å². The van der Waals surface area contributed by atoms with Gasteiger partial charge in [0.05, 0.1) is 19.3 Å². The molecule has 9 heteroatoms. The topological polar surface area (TPSA) is 140 Å². The van der Waals surface area contributed by atoms with Gasteiger partial charge in [0, 0.05) is 39.3 Å². The van der Waals surface area contributed by atoms with Crippen molar-refractivity contribution in [3.8, 4) is 34.5 Å². The maximum atomic E-state index is 15.5. The minimum absolute atomic E-state index is 0.116. The fraction of sp³-hybridized carbons (Fsp3) is 0.621. The summed E-state index contributed by atoms with van der Waals surface area (Å²) in [5.74, 6) is 0.532. The van der Waals surface area contributed by atoms with Gasteiger partial charge in [-0.2, -0.15) is 0 Å². The summed E-state index contributed by atoms with van der Waals surface area (Å²) in [7, 11) is 0. The van der Waals surface area contributed by atoms with Crippen LogP contribution in [0.25, 0.3) is 0 Å². The molecule has 0 aromatic heterocycles. The standard InChI is InChI=1S/C103H154O9/c1-38-98(26,27)71(64-44-47-83(104)74(51-64)101(32,33)41-4)60-86(107)110-89-77(92(8,9)10)54-67(55-78(89)93(11,12)13)63(7)50-70(68-56-79(94(14,15)16)90(80(57-68)95(17,18)19)111-87(108)61-72(99(28,29)39-2)65-45-48-84(105)75(52-65)102(34,35)42-5)69-58-81(96(20,21)22)91(82(59-69)97(23,24)25)112-88(109)62-73(100(30,31)40-3)66-46-49-85(106)76(53-66)103(36,37)43-6/h44-49,51-59,63,70-73,104-106H,38-43,50,60-62H2,1-37H3. The highest BCUT2D eigenvalue weighted by molar-refractivity contribution is 5.78. The minimum atomic E-state index is -0.535. The maximum absolute atomic E-state index is 15.5. The van der Waals surface area contributed by atoms with Crippen LogP contribution in [0, 0.1) is 16.2 Å². The van der Waals surface area contributed by atoms with Gasteiger partial charge >= 0.3 is 17.9 Å². The summed E-state index contributed by atoms with van der Waals surface area (Å²) in [5, 5.41) is 33.9. The minimum Gasteiger partial charge on any atom is -0.508 e. The Labute approximate surface area is 681 Å². The molecule has 0 fully saturated rings. The number of hydrogen-bond acceptors (Lipinski definition) is 9. The molecule has 0 saturated heterocycles. The van der Waals surface area contributed by atoms with Crippen molar-refractivity contribution in [1.82, 2.24) is 0 Å². The predicted molar refractivity (Wildman–Crippen MR) is 472 cm³/mol. The molecule has 4 atom stereocenters. The number of esters is 3. The van der Waals surface area contributed by atoms with Crippen molar-refractivity contribution in [3.63, 3.8) is 0 Å². The summed E-state index contributed by atoms with van der Waals surface area (Å²) >= 11 is 0. The number of rotatable bonds is 29. The van der Waals surface area contributed by atoms with Crippen LogP contribution >= 0.6 is 0 Å². The largest absolute Gasteiger partial charge is 0.508 e.